The Bertz CT molecular complexity index is 922. The molecule has 4 nitrogen and oxygen atoms in total. The van der Waals surface area contributed by atoms with Gasteiger partial charge in [-0.25, -0.2) is 0 Å². The minimum absolute atomic E-state index is 0.170. The maximum atomic E-state index is 12.7. The molecule has 0 unspecified atom stereocenters. The third-order valence-electron chi connectivity index (χ3n) is 4.39. The molecule has 0 spiro atoms. The summed E-state index contributed by atoms with van der Waals surface area (Å²) in [6.07, 6.45) is 0.854. The molecule has 0 bridgehead atoms. The van der Waals surface area contributed by atoms with Crippen LogP contribution in [-0.4, -0.2) is 12.5 Å². The van der Waals surface area contributed by atoms with Crippen molar-refractivity contribution in [1.29, 1.82) is 0 Å². The molecule has 0 radical (unpaired) electrons. The number of hydrogen-bond acceptors (Lipinski definition) is 3. The smallest absolute Gasteiger partial charge is 0.255 e. The van der Waals surface area contributed by atoms with E-state index in [0.717, 1.165) is 23.2 Å². The van der Waals surface area contributed by atoms with Gasteiger partial charge in [0, 0.05) is 11.3 Å². The van der Waals surface area contributed by atoms with Crippen molar-refractivity contribution in [2.75, 3.05) is 11.9 Å². The van der Waals surface area contributed by atoms with Crippen LogP contribution >= 0.6 is 0 Å². The van der Waals surface area contributed by atoms with E-state index in [9.17, 15) is 4.79 Å². The van der Waals surface area contributed by atoms with E-state index in [-0.39, 0.29) is 5.91 Å². The van der Waals surface area contributed by atoms with Gasteiger partial charge < -0.3 is 14.8 Å². The highest BCUT2D eigenvalue weighted by atomic mass is 16.5. The summed E-state index contributed by atoms with van der Waals surface area (Å²) in [5.41, 5.74) is 3.53. The Morgan fingerprint density at radius 1 is 0.857 bits per heavy atom. The summed E-state index contributed by atoms with van der Waals surface area (Å²) in [5.74, 6) is 1.02. The lowest BCUT2D eigenvalue weighted by Gasteiger charge is -2.14. The second kappa shape index (κ2) is 9.60. The van der Waals surface area contributed by atoms with Crippen LogP contribution in [0.15, 0.2) is 72.8 Å². The quantitative estimate of drug-likeness (QED) is 0.567. The monoisotopic (exact) mass is 375 g/mol. The predicted octanol–water partition coefficient (Wildman–Crippen LogP) is 5.48. The number of aryl methyl sites for hydroxylation is 1. The van der Waals surface area contributed by atoms with Gasteiger partial charge in [0.15, 0.2) is 11.5 Å². The molecule has 0 aliphatic carbocycles. The average Bonchev–Trinajstić information content (AvgIpc) is 2.74. The van der Waals surface area contributed by atoms with E-state index >= 15 is 0 Å². The van der Waals surface area contributed by atoms with E-state index in [0.29, 0.717) is 30.3 Å². The fourth-order valence-corrected chi connectivity index (χ4v) is 2.92. The van der Waals surface area contributed by atoms with E-state index in [1.54, 1.807) is 18.2 Å². The molecular weight excluding hydrogens is 350 g/mol. The molecule has 0 aliphatic rings. The normalized spacial score (nSPS) is 10.4. The van der Waals surface area contributed by atoms with E-state index in [1.165, 1.54) is 0 Å². The third-order valence-corrected chi connectivity index (χ3v) is 4.39. The summed E-state index contributed by atoms with van der Waals surface area (Å²) >= 11 is 0. The predicted molar refractivity (Wildman–Crippen MR) is 112 cm³/mol. The molecule has 0 saturated heterocycles. The van der Waals surface area contributed by atoms with Crippen molar-refractivity contribution in [3.63, 3.8) is 0 Å². The molecule has 4 heteroatoms. The van der Waals surface area contributed by atoms with Crippen LogP contribution in [0.3, 0.4) is 0 Å². The average molecular weight is 375 g/mol. The highest BCUT2D eigenvalue weighted by Crippen LogP contribution is 2.30. The molecule has 0 saturated carbocycles. The summed E-state index contributed by atoms with van der Waals surface area (Å²) in [7, 11) is 0. The van der Waals surface area contributed by atoms with Crippen LogP contribution in [0.25, 0.3) is 0 Å². The summed E-state index contributed by atoms with van der Waals surface area (Å²) in [4.78, 5) is 12.7. The summed E-state index contributed by atoms with van der Waals surface area (Å²) < 4.78 is 11.6. The van der Waals surface area contributed by atoms with E-state index < -0.39 is 0 Å². The van der Waals surface area contributed by atoms with Crippen molar-refractivity contribution in [3.8, 4) is 11.5 Å². The maximum absolute atomic E-state index is 12.7. The molecule has 0 heterocycles. The minimum Gasteiger partial charge on any atom is -0.490 e. The van der Waals surface area contributed by atoms with Crippen molar-refractivity contribution < 1.29 is 14.3 Å². The number of carbonyl (C=O) groups is 1. The molecule has 144 valence electrons. The van der Waals surface area contributed by atoms with Crippen molar-refractivity contribution in [1.82, 2.24) is 0 Å². The fraction of sp³-hybridized carbons (Fsp3) is 0.208. The topological polar surface area (TPSA) is 47.6 Å². The third kappa shape index (κ3) is 4.92. The van der Waals surface area contributed by atoms with Crippen LogP contribution in [0, 0.1) is 0 Å². The molecule has 3 aromatic carbocycles. The number of carbonyl (C=O) groups excluding carboxylic acids is 1. The lowest BCUT2D eigenvalue weighted by atomic mass is 10.1. The number of hydrogen-bond donors (Lipinski definition) is 1. The van der Waals surface area contributed by atoms with Crippen molar-refractivity contribution in [3.05, 3.63) is 89.5 Å². The van der Waals surface area contributed by atoms with Gasteiger partial charge in [-0.1, -0.05) is 55.5 Å². The molecule has 0 aromatic heterocycles. The molecule has 0 aliphatic heterocycles. The van der Waals surface area contributed by atoms with Gasteiger partial charge in [-0.05, 0) is 48.7 Å². The SMILES string of the molecule is CCOc1cc(C(=O)Nc2ccccc2CC)ccc1OCc1ccccc1. The first kappa shape index (κ1) is 19.5. The van der Waals surface area contributed by atoms with Crippen LogP contribution in [0.2, 0.25) is 0 Å². The largest absolute Gasteiger partial charge is 0.490 e. The lowest BCUT2D eigenvalue weighted by Crippen LogP contribution is -2.13. The highest BCUT2D eigenvalue weighted by Gasteiger charge is 2.13. The second-order valence-corrected chi connectivity index (χ2v) is 6.33. The first-order valence-electron chi connectivity index (χ1n) is 9.54. The van der Waals surface area contributed by atoms with Gasteiger partial charge in [0.2, 0.25) is 0 Å². The van der Waals surface area contributed by atoms with Crippen LogP contribution in [-0.2, 0) is 13.0 Å². The molecule has 0 atom stereocenters. The standard InChI is InChI=1S/C24H25NO3/c1-3-19-12-8-9-13-21(19)25-24(26)20-14-15-22(23(16-20)27-4-2)28-17-18-10-6-5-7-11-18/h5-16H,3-4,17H2,1-2H3,(H,25,26). The minimum atomic E-state index is -0.170. The van der Waals surface area contributed by atoms with Crippen molar-refractivity contribution in [2.45, 2.75) is 26.9 Å². The number of anilines is 1. The van der Waals surface area contributed by atoms with Gasteiger partial charge >= 0.3 is 0 Å². The van der Waals surface area contributed by atoms with Gasteiger partial charge in [-0.15, -0.1) is 0 Å². The number of nitrogens with one attached hydrogen (secondary N) is 1. The Morgan fingerprint density at radius 3 is 2.36 bits per heavy atom. The molecule has 0 fully saturated rings. The second-order valence-electron chi connectivity index (χ2n) is 6.33. The Labute approximate surface area is 166 Å². The molecule has 1 N–H and O–H groups in total. The Morgan fingerprint density at radius 2 is 1.61 bits per heavy atom. The van der Waals surface area contributed by atoms with Gasteiger partial charge in [0.05, 0.1) is 6.61 Å². The van der Waals surface area contributed by atoms with Crippen LogP contribution in [0.4, 0.5) is 5.69 Å². The van der Waals surface area contributed by atoms with Crippen LogP contribution in [0.5, 0.6) is 11.5 Å². The summed E-state index contributed by atoms with van der Waals surface area (Å²) in [5, 5.41) is 2.99. The van der Waals surface area contributed by atoms with Gasteiger partial charge in [0.25, 0.3) is 5.91 Å². The molecule has 3 aromatic rings. The highest BCUT2D eigenvalue weighted by molar-refractivity contribution is 6.05. The number of amides is 1. The number of ether oxygens (including phenoxy) is 2. The Kier molecular flexibility index (Phi) is 6.68. The van der Waals surface area contributed by atoms with Gasteiger partial charge in [-0.3, -0.25) is 4.79 Å². The number of para-hydroxylation sites is 1. The molecule has 28 heavy (non-hydrogen) atoms. The summed E-state index contributed by atoms with van der Waals surface area (Å²) in [6.45, 7) is 4.91. The van der Waals surface area contributed by atoms with Gasteiger partial charge in [0.1, 0.15) is 6.61 Å². The first-order valence-corrected chi connectivity index (χ1v) is 9.54. The fourth-order valence-electron chi connectivity index (χ4n) is 2.92. The Balaban J connectivity index is 1.76. The zero-order valence-corrected chi connectivity index (χ0v) is 16.3. The maximum Gasteiger partial charge on any atom is 0.255 e. The van der Waals surface area contributed by atoms with E-state index in [4.69, 9.17) is 9.47 Å². The van der Waals surface area contributed by atoms with Crippen LogP contribution < -0.4 is 14.8 Å². The lowest BCUT2D eigenvalue weighted by molar-refractivity contribution is 0.102. The molecular formula is C24H25NO3. The van der Waals surface area contributed by atoms with Crippen LogP contribution in [0.1, 0.15) is 35.3 Å². The summed E-state index contributed by atoms with van der Waals surface area (Å²) in [6, 6.07) is 23.0. The van der Waals surface area contributed by atoms with E-state index in [2.05, 4.69) is 12.2 Å². The molecule has 1 amide bonds. The van der Waals surface area contributed by atoms with E-state index in [1.807, 2.05) is 61.5 Å². The number of rotatable bonds is 8. The van der Waals surface area contributed by atoms with Gasteiger partial charge in [-0.2, -0.15) is 0 Å². The number of benzene rings is 3. The zero-order chi connectivity index (χ0) is 19.8. The van der Waals surface area contributed by atoms with Crippen molar-refractivity contribution in [2.24, 2.45) is 0 Å². The Hall–Kier alpha value is -3.27. The first-order chi connectivity index (χ1) is 13.7. The molecule has 3 rings (SSSR count). The zero-order valence-electron chi connectivity index (χ0n) is 16.3. The van der Waals surface area contributed by atoms with Crippen molar-refractivity contribution >= 4 is 11.6 Å².